The minimum Gasteiger partial charge on any atom is -0.453 e. The van der Waals surface area contributed by atoms with Gasteiger partial charge in [0.1, 0.15) is 5.69 Å². The van der Waals surface area contributed by atoms with Crippen LogP contribution in [0.5, 0.6) is 0 Å². The van der Waals surface area contributed by atoms with Crippen molar-refractivity contribution in [1.29, 1.82) is 0 Å². The van der Waals surface area contributed by atoms with Gasteiger partial charge in [-0.2, -0.15) is 13.2 Å². The first-order chi connectivity index (χ1) is 15.0. The molecule has 2 heterocycles. The third-order valence-electron chi connectivity index (χ3n) is 7.95. The lowest BCUT2D eigenvalue weighted by molar-refractivity contribution is -0.147. The van der Waals surface area contributed by atoms with Crippen LogP contribution in [0.2, 0.25) is 0 Å². The van der Waals surface area contributed by atoms with Crippen molar-refractivity contribution in [1.82, 2.24) is 14.8 Å². The Kier molecular flexibility index (Phi) is 5.66. The summed E-state index contributed by atoms with van der Waals surface area (Å²) < 4.78 is 43.6. The molecule has 6 nitrogen and oxygen atoms in total. The van der Waals surface area contributed by atoms with E-state index in [0.717, 1.165) is 31.7 Å². The number of carbonyl (C=O) groups is 2. The standard InChI is InChI=1S/C23H30F3N3O3/c1-21(28(2)20(31)32-3)11-16(12-21)19(30)29-9-7-22(8-10-29)13-15(14-22)17-5-4-6-18(27-17)23(24,25)26/h4-6,15-16H,7-14H2,1-3H3. The maximum absolute atomic E-state index is 12.9. The van der Waals surface area contributed by atoms with E-state index in [1.807, 2.05) is 11.8 Å². The zero-order valence-corrected chi connectivity index (χ0v) is 18.7. The highest BCUT2D eigenvalue weighted by Gasteiger charge is 2.52. The first kappa shape index (κ1) is 22.9. The Morgan fingerprint density at radius 1 is 1.16 bits per heavy atom. The molecule has 3 fully saturated rings. The van der Waals surface area contributed by atoms with Crippen molar-refractivity contribution in [3.05, 3.63) is 29.6 Å². The van der Waals surface area contributed by atoms with Gasteiger partial charge in [-0.25, -0.2) is 9.78 Å². The topological polar surface area (TPSA) is 62.7 Å². The molecule has 1 saturated heterocycles. The van der Waals surface area contributed by atoms with E-state index in [9.17, 15) is 22.8 Å². The van der Waals surface area contributed by atoms with Gasteiger partial charge in [-0.15, -0.1) is 0 Å². The molecule has 2 saturated carbocycles. The van der Waals surface area contributed by atoms with Gasteiger partial charge in [-0.05, 0) is 63.0 Å². The highest BCUT2D eigenvalue weighted by molar-refractivity contribution is 5.81. The first-order valence-corrected chi connectivity index (χ1v) is 11.1. The summed E-state index contributed by atoms with van der Waals surface area (Å²) >= 11 is 0. The maximum Gasteiger partial charge on any atom is 0.433 e. The normalized spacial score (nSPS) is 27.4. The minimum absolute atomic E-state index is 0.0563. The number of halogens is 3. The number of rotatable bonds is 3. The van der Waals surface area contributed by atoms with Crippen molar-refractivity contribution in [3.8, 4) is 0 Å². The number of aromatic nitrogens is 1. The Balaban J connectivity index is 1.27. The number of amides is 2. The van der Waals surface area contributed by atoms with Crippen molar-refractivity contribution in [2.75, 3.05) is 27.2 Å². The summed E-state index contributed by atoms with van der Waals surface area (Å²) in [5.74, 6) is 0.122. The minimum atomic E-state index is -4.42. The van der Waals surface area contributed by atoms with Crippen LogP contribution in [-0.4, -0.2) is 59.6 Å². The first-order valence-electron chi connectivity index (χ1n) is 11.1. The van der Waals surface area contributed by atoms with Crippen LogP contribution in [0, 0.1) is 11.3 Å². The number of pyridine rings is 1. The SMILES string of the molecule is COC(=O)N(C)C1(C)CC(C(=O)N2CCC3(CC2)CC(c2cccc(C(F)(F)F)n2)C3)C1. The number of likely N-dealkylation sites (tertiary alicyclic amines) is 1. The molecule has 0 unspecified atom stereocenters. The number of hydrogen-bond acceptors (Lipinski definition) is 4. The largest absolute Gasteiger partial charge is 0.453 e. The number of hydrogen-bond donors (Lipinski definition) is 0. The van der Waals surface area contributed by atoms with Crippen LogP contribution < -0.4 is 0 Å². The van der Waals surface area contributed by atoms with Gasteiger partial charge in [-0.1, -0.05) is 6.07 Å². The lowest BCUT2D eigenvalue weighted by Gasteiger charge is -2.54. The summed E-state index contributed by atoms with van der Waals surface area (Å²) in [5.41, 5.74) is -0.561. The Labute approximate surface area is 186 Å². The molecule has 0 radical (unpaired) electrons. The van der Waals surface area contributed by atoms with Gasteiger partial charge in [-0.3, -0.25) is 4.79 Å². The zero-order chi connectivity index (χ0) is 23.3. The van der Waals surface area contributed by atoms with Crippen molar-refractivity contribution < 1.29 is 27.5 Å². The lowest BCUT2D eigenvalue weighted by atomic mass is 9.56. The maximum atomic E-state index is 12.9. The Morgan fingerprint density at radius 2 is 1.78 bits per heavy atom. The molecule has 0 bridgehead atoms. The molecule has 9 heteroatoms. The van der Waals surface area contributed by atoms with Crippen molar-refractivity contribution in [2.45, 2.75) is 63.1 Å². The molecule has 2 aliphatic carbocycles. The second-order valence-electron chi connectivity index (χ2n) is 10.0. The van der Waals surface area contributed by atoms with Crippen LogP contribution in [0.1, 0.15) is 62.8 Å². The van der Waals surface area contributed by atoms with Crippen LogP contribution >= 0.6 is 0 Å². The summed E-state index contributed by atoms with van der Waals surface area (Å²) in [5, 5.41) is 0. The van der Waals surface area contributed by atoms with Gasteiger partial charge in [0.05, 0.1) is 7.11 Å². The van der Waals surface area contributed by atoms with Gasteiger partial charge in [0, 0.05) is 43.2 Å². The summed E-state index contributed by atoms with van der Waals surface area (Å²) in [4.78, 5) is 32.1. The average molecular weight is 454 g/mol. The Morgan fingerprint density at radius 3 is 2.34 bits per heavy atom. The van der Waals surface area contributed by atoms with Crippen LogP contribution in [0.25, 0.3) is 0 Å². The van der Waals surface area contributed by atoms with Gasteiger partial charge in [0.25, 0.3) is 0 Å². The lowest BCUT2D eigenvalue weighted by Crippen LogP contribution is -2.60. The second-order valence-corrected chi connectivity index (χ2v) is 10.0. The highest BCUT2D eigenvalue weighted by Crippen LogP contribution is 2.56. The number of ether oxygens (including phenoxy) is 1. The Bertz CT molecular complexity index is 882. The summed E-state index contributed by atoms with van der Waals surface area (Å²) in [6.07, 6.45) is -0.158. The average Bonchev–Trinajstić information content (AvgIpc) is 2.73. The van der Waals surface area contributed by atoms with Gasteiger partial charge < -0.3 is 14.5 Å². The number of alkyl halides is 3. The zero-order valence-electron chi connectivity index (χ0n) is 18.7. The van der Waals surface area contributed by atoms with Crippen molar-refractivity contribution in [2.24, 2.45) is 11.3 Å². The fourth-order valence-corrected chi connectivity index (χ4v) is 5.71. The van der Waals surface area contributed by atoms with Gasteiger partial charge >= 0.3 is 12.3 Å². The van der Waals surface area contributed by atoms with Crippen LogP contribution in [-0.2, 0) is 15.7 Å². The van der Waals surface area contributed by atoms with Gasteiger partial charge in [0.2, 0.25) is 5.91 Å². The second kappa shape index (κ2) is 7.92. The summed E-state index contributed by atoms with van der Waals surface area (Å²) in [6, 6.07) is 4.13. The fourth-order valence-electron chi connectivity index (χ4n) is 5.71. The molecular weight excluding hydrogens is 423 g/mol. The molecule has 4 rings (SSSR count). The number of nitrogens with zero attached hydrogens (tertiary/aromatic N) is 3. The Hall–Kier alpha value is -2.32. The third kappa shape index (κ3) is 4.06. The van der Waals surface area contributed by atoms with E-state index >= 15 is 0 Å². The number of methoxy groups -OCH3 is 1. The van der Waals surface area contributed by atoms with Crippen molar-refractivity contribution in [3.63, 3.8) is 0 Å². The van der Waals surface area contributed by atoms with Gasteiger partial charge in [0.15, 0.2) is 0 Å². The van der Waals surface area contributed by atoms with E-state index < -0.39 is 18.0 Å². The molecule has 1 aliphatic heterocycles. The smallest absolute Gasteiger partial charge is 0.433 e. The molecule has 0 atom stereocenters. The molecule has 0 N–H and O–H groups in total. The number of carbonyl (C=O) groups excluding carboxylic acids is 2. The van der Waals surface area contributed by atoms with Crippen LogP contribution in [0.4, 0.5) is 18.0 Å². The molecule has 32 heavy (non-hydrogen) atoms. The summed E-state index contributed by atoms with van der Waals surface area (Å²) in [7, 11) is 3.05. The van der Waals surface area contributed by atoms with E-state index in [2.05, 4.69) is 4.98 Å². The molecule has 0 aromatic carbocycles. The molecule has 3 aliphatic rings. The quantitative estimate of drug-likeness (QED) is 0.678. The van der Waals surface area contributed by atoms with Crippen LogP contribution in [0.3, 0.4) is 0 Å². The van der Waals surface area contributed by atoms with Crippen LogP contribution in [0.15, 0.2) is 18.2 Å². The molecular formula is C23H30F3N3O3. The molecule has 2 amide bonds. The van der Waals surface area contributed by atoms with E-state index in [-0.39, 0.29) is 28.7 Å². The molecule has 1 aromatic heterocycles. The van der Waals surface area contributed by atoms with E-state index in [4.69, 9.17) is 4.74 Å². The third-order valence-corrected chi connectivity index (χ3v) is 7.95. The van der Waals surface area contributed by atoms with E-state index in [1.54, 1.807) is 18.0 Å². The number of piperidine rings is 1. The highest BCUT2D eigenvalue weighted by atomic mass is 19.4. The monoisotopic (exact) mass is 453 g/mol. The summed E-state index contributed by atoms with van der Waals surface area (Å²) in [6.45, 7) is 3.33. The molecule has 1 spiro atoms. The predicted octanol–water partition coefficient (Wildman–Crippen LogP) is 4.45. The van der Waals surface area contributed by atoms with E-state index in [0.29, 0.717) is 31.6 Å². The molecule has 176 valence electrons. The fraction of sp³-hybridized carbons (Fsp3) is 0.696. The predicted molar refractivity (Wildman–Crippen MR) is 111 cm³/mol. The van der Waals surface area contributed by atoms with E-state index in [1.165, 1.54) is 13.2 Å². The molecule has 1 aromatic rings. The van der Waals surface area contributed by atoms with Crippen molar-refractivity contribution >= 4 is 12.0 Å².